The summed E-state index contributed by atoms with van der Waals surface area (Å²) in [6, 6.07) is 27.5. The van der Waals surface area contributed by atoms with Gasteiger partial charge >= 0.3 is 0 Å². The lowest BCUT2D eigenvalue weighted by Gasteiger charge is -2.19. The maximum atomic E-state index is 12.9. The summed E-state index contributed by atoms with van der Waals surface area (Å²) < 4.78 is 0. The quantitative estimate of drug-likeness (QED) is 0.496. The summed E-state index contributed by atoms with van der Waals surface area (Å²) in [4.78, 5) is 29.9. The summed E-state index contributed by atoms with van der Waals surface area (Å²) in [7, 11) is 0. The first-order chi connectivity index (χ1) is 14.7. The van der Waals surface area contributed by atoms with Crippen molar-refractivity contribution in [3.05, 3.63) is 108 Å². The molecule has 1 unspecified atom stereocenters. The number of aromatic nitrogens is 1. The molecule has 0 aliphatic carbocycles. The zero-order valence-electron chi connectivity index (χ0n) is 16.3. The molecule has 30 heavy (non-hydrogen) atoms. The van der Waals surface area contributed by atoms with Crippen LogP contribution in [0.25, 0.3) is 10.9 Å². The lowest BCUT2D eigenvalue weighted by molar-refractivity contribution is -0.116. The number of hydrogen-bond acceptors (Lipinski definition) is 3. The van der Waals surface area contributed by atoms with Crippen LogP contribution in [-0.2, 0) is 4.79 Å². The molecule has 5 heteroatoms. The number of fused-ring (bicyclic) bond motifs is 1. The lowest BCUT2D eigenvalue weighted by atomic mass is 10.0. The molecular weight excluding hydrogens is 374 g/mol. The van der Waals surface area contributed by atoms with Gasteiger partial charge in [-0.05, 0) is 29.8 Å². The molecule has 0 saturated carbocycles. The third kappa shape index (κ3) is 4.52. The first-order valence-corrected chi connectivity index (χ1v) is 9.75. The molecule has 0 radical (unpaired) electrons. The number of amides is 2. The number of benzene rings is 3. The Kier molecular flexibility index (Phi) is 5.80. The van der Waals surface area contributed by atoms with E-state index >= 15 is 0 Å². The highest BCUT2D eigenvalue weighted by Crippen LogP contribution is 2.23. The van der Waals surface area contributed by atoms with Gasteiger partial charge < -0.3 is 10.6 Å². The van der Waals surface area contributed by atoms with Crippen LogP contribution in [0.2, 0.25) is 0 Å². The fraction of sp³-hybridized carbons (Fsp3) is 0.0800. The first kappa shape index (κ1) is 19.3. The average Bonchev–Trinajstić information content (AvgIpc) is 2.80. The topological polar surface area (TPSA) is 71.1 Å². The molecule has 1 atom stereocenters. The number of pyridine rings is 1. The maximum Gasteiger partial charge on any atom is 0.251 e. The Hall–Kier alpha value is -3.99. The number of carbonyl (C=O) groups is 2. The van der Waals surface area contributed by atoms with Crippen LogP contribution in [0.5, 0.6) is 0 Å². The predicted octanol–water partition coefficient (Wildman–Crippen LogP) is 4.73. The van der Waals surface area contributed by atoms with Crippen molar-refractivity contribution in [2.75, 3.05) is 5.32 Å². The molecule has 4 rings (SSSR count). The van der Waals surface area contributed by atoms with Gasteiger partial charge in [-0.3, -0.25) is 14.6 Å². The third-order valence-corrected chi connectivity index (χ3v) is 4.84. The van der Waals surface area contributed by atoms with Crippen LogP contribution in [-0.4, -0.2) is 16.8 Å². The van der Waals surface area contributed by atoms with E-state index in [9.17, 15) is 9.59 Å². The normalized spacial score (nSPS) is 11.6. The van der Waals surface area contributed by atoms with E-state index in [4.69, 9.17) is 0 Å². The van der Waals surface area contributed by atoms with E-state index in [2.05, 4.69) is 15.6 Å². The number of anilines is 1. The molecule has 0 saturated heterocycles. The van der Waals surface area contributed by atoms with Crippen LogP contribution < -0.4 is 10.6 Å². The second-order valence-corrected chi connectivity index (χ2v) is 6.94. The smallest absolute Gasteiger partial charge is 0.251 e. The summed E-state index contributed by atoms with van der Waals surface area (Å²) in [5.41, 5.74) is 2.81. The minimum atomic E-state index is -0.457. The summed E-state index contributed by atoms with van der Waals surface area (Å²) in [6.45, 7) is 0. The average molecular weight is 395 g/mol. The number of carbonyl (C=O) groups excluding carboxylic acids is 2. The van der Waals surface area contributed by atoms with Gasteiger partial charge in [0.2, 0.25) is 5.91 Å². The molecule has 0 spiro atoms. The molecule has 1 heterocycles. The lowest BCUT2D eigenvalue weighted by Crippen LogP contribution is -2.31. The highest BCUT2D eigenvalue weighted by molar-refractivity contribution is 6.01. The monoisotopic (exact) mass is 395 g/mol. The summed E-state index contributed by atoms with van der Waals surface area (Å²) >= 11 is 0. The zero-order chi connectivity index (χ0) is 20.8. The van der Waals surface area contributed by atoms with Crippen molar-refractivity contribution in [3.8, 4) is 0 Å². The van der Waals surface area contributed by atoms with Crippen LogP contribution in [0.1, 0.15) is 28.4 Å². The van der Waals surface area contributed by atoms with E-state index in [-0.39, 0.29) is 18.2 Å². The van der Waals surface area contributed by atoms with Crippen molar-refractivity contribution in [1.29, 1.82) is 0 Å². The molecule has 1 aromatic heterocycles. The molecule has 2 amide bonds. The van der Waals surface area contributed by atoms with Gasteiger partial charge in [-0.1, -0.05) is 66.7 Å². The van der Waals surface area contributed by atoms with Crippen molar-refractivity contribution in [3.63, 3.8) is 0 Å². The number of para-hydroxylation sites is 1. The second kappa shape index (κ2) is 9.01. The highest BCUT2D eigenvalue weighted by Gasteiger charge is 2.20. The van der Waals surface area contributed by atoms with Gasteiger partial charge in [-0.25, -0.2) is 0 Å². The van der Waals surface area contributed by atoms with Gasteiger partial charge in [0.1, 0.15) is 0 Å². The standard InChI is InChI=1S/C25H21N3O2/c29-23(27-21-15-7-13-19-14-8-16-26-24(19)21)17-22(18-9-3-1-4-10-18)28-25(30)20-11-5-2-6-12-20/h1-16,22H,17H2,(H,27,29)(H,28,30). The fourth-order valence-electron chi connectivity index (χ4n) is 3.36. The van der Waals surface area contributed by atoms with Crippen molar-refractivity contribution >= 4 is 28.4 Å². The molecule has 2 N–H and O–H groups in total. The largest absolute Gasteiger partial charge is 0.345 e. The Morgan fingerprint density at radius 3 is 2.27 bits per heavy atom. The first-order valence-electron chi connectivity index (χ1n) is 9.75. The highest BCUT2D eigenvalue weighted by atomic mass is 16.2. The SMILES string of the molecule is O=C(CC(NC(=O)c1ccccc1)c1ccccc1)Nc1cccc2cccnc12. The van der Waals surface area contributed by atoms with Crippen molar-refractivity contribution in [2.24, 2.45) is 0 Å². The minimum Gasteiger partial charge on any atom is -0.345 e. The number of nitrogens with zero attached hydrogens (tertiary/aromatic N) is 1. The van der Waals surface area contributed by atoms with Crippen molar-refractivity contribution in [2.45, 2.75) is 12.5 Å². The minimum absolute atomic E-state index is 0.103. The van der Waals surface area contributed by atoms with Gasteiger partial charge in [-0.2, -0.15) is 0 Å². The van der Waals surface area contributed by atoms with E-state index in [1.54, 1.807) is 18.3 Å². The van der Waals surface area contributed by atoms with Crippen LogP contribution in [0.4, 0.5) is 5.69 Å². The molecule has 4 aromatic rings. The molecule has 0 aliphatic rings. The van der Waals surface area contributed by atoms with Crippen molar-refractivity contribution < 1.29 is 9.59 Å². The Morgan fingerprint density at radius 1 is 0.800 bits per heavy atom. The fourth-order valence-corrected chi connectivity index (χ4v) is 3.36. The van der Waals surface area contributed by atoms with E-state index in [1.807, 2.05) is 78.9 Å². The van der Waals surface area contributed by atoms with Crippen LogP contribution in [0, 0.1) is 0 Å². The molecular formula is C25H21N3O2. The number of hydrogen-bond donors (Lipinski definition) is 2. The second-order valence-electron chi connectivity index (χ2n) is 6.94. The Morgan fingerprint density at radius 2 is 1.50 bits per heavy atom. The van der Waals surface area contributed by atoms with Crippen molar-refractivity contribution in [1.82, 2.24) is 10.3 Å². The van der Waals surface area contributed by atoms with Crippen LogP contribution in [0.15, 0.2) is 97.2 Å². The molecule has 0 fully saturated rings. The zero-order valence-corrected chi connectivity index (χ0v) is 16.3. The molecule has 148 valence electrons. The van der Waals surface area contributed by atoms with E-state index in [0.717, 1.165) is 16.5 Å². The number of nitrogens with one attached hydrogen (secondary N) is 2. The van der Waals surface area contributed by atoms with Crippen LogP contribution in [0.3, 0.4) is 0 Å². The third-order valence-electron chi connectivity index (χ3n) is 4.84. The number of rotatable bonds is 6. The Bertz CT molecular complexity index is 1160. The van der Waals surface area contributed by atoms with E-state index in [0.29, 0.717) is 11.3 Å². The van der Waals surface area contributed by atoms with Crippen LogP contribution >= 0.6 is 0 Å². The van der Waals surface area contributed by atoms with E-state index < -0.39 is 6.04 Å². The van der Waals surface area contributed by atoms with Gasteiger partial charge in [0.25, 0.3) is 5.91 Å². The molecule has 5 nitrogen and oxygen atoms in total. The van der Waals surface area contributed by atoms with Gasteiger partial charge in [-0.15, -0.1) is 0 Å². The Labute approximate surface area is 174 Å². The Balaban J connectivity index is 1.54. The van der Waals surface area contributed by atoms with Gasteiger partial charge in [0.05, 0.1) is 23.7 Å². The maximum absolute atomic E-state index is 12.9. The molecule has 0 aliphatic heterocycles. The summed E-state index contributed by atoms with van der Waals surface area (Å²) in [5, 5.41) is 6.88. The summed E-state index contributed by atoms with van der Waals surface area (Å²) in [5.74, 6) is -0.417. The van der Waals surface area contributed by atoms with Gasteiger partial charge in [0.15, 0.2) is 0 Å². The molecule has 0 bridgehead atoms. The molecule has 3 aromatic carbocycles. The summed E-state index contributed by atoms with van der Waals surface area (Å²) in [6.07, 6.45) is 1.80. The predicted molar refractivity (Wildman–Crippen MR) is 118 cm³/mol. The van der Waals surface area contributed by atoms with Gasteiger partial charge in [0, 0.05) is 17.1 Å². The van der Waals surface area contributed by atoms with E-state index in [1.165, 1.54) is 0 Å².